The minimum Gasteiger partial charge on any atom is -0.379 e. The van der Waals surface area contributed by atoms with Gasteiger partial charge >= 0.3 is 0 Å². The van der Waals surface area contributed by atoms with Crippen LogP contribution in [0.3, 0.4) is 0 Å². The Morgan fingerprint density at radius 2 is 2.04 bits per heavy atom. The quantitative estimate of drug-likeness (QED) is 0.337. The number of halogens is 2. The SMILES string of the molecule is CN=C(NCc1ccc(Br)s1)NCC(C(C)C)N1CCOCC1.I. The second kappa shape index (κ2) is 11.7. The summed E-state index contributed by atoms with van der Waals surface area (Å²) in [6.45, 7) is 9.94. The zero-order valence-electron chi connectivity index (χ0n) is 14.5. The van der Waals surface area contributed by atoms with Crippen LogP contribution >= 0.6 is 51.2 Å². The molecule has 1 atom stereocenters. The normalized spacial score (nSPS) is 17.5. The van der Waals surface area contributed by atoms with E-state index in [9.17, 15) is 0 Å². The Labute approximate surface area is 174 Å². The average molecular weight is 531 g/mol. The van der Waals surface area contributed by atoms with Crippen LogP contribution < -0.4 is 10.6 Å². The van der Waals surface area contributed by atoms with Gasteiger partial charge in [-0.1, -0.05) is 13.8 Å². The van der Waals surface area contributed by atoms with Crippen molar-refractivity contribution in [1.29, 1.82) is 0 Å². The van der Waals surface area contributed by atoms with Crippen LogP contribution in [0.4, 0.5) is 0 Å². The summed E-state index contributed by atoms with van der Waals surface area (Å²) in [6, 6.07) is 4.69. The second-order valence-corrected chi connectivity index (χ2v) is 8.52. The molecule has 0 aromatic carbocycles. The maximum Gasteiger partial charge on any atom is 0.191 e. The maximum absolute atomic E-state index is 5.47. The lowest BCUT2D eigenvalue weighted by Crippen LogP contribution is -2.52. The molecule has 1 aliphatic rings. The van der Waals surface area contributed by atoms with Crippen LogP contribution in [0.25, 0.3) is 0 Å². The van der Waals surface area contributed by atoms with Crippen molar-refractivity contribution >= 4 is 57.2 Å². The number of hydrogen-bond acceptors (Lipinski definition) is 4. The topological polar surface area (TPSA) is 48.9 Å². The highest BCUT2D eigenvalue weighted by Gasteiger charge is 2.23. The van der Waals surface area contributed by atoms with Crippen molar-refractivity contribution in [2.75, 3.05) is 39.9 Å². The van der Waals surface area contributed by atoms with E-state index in [1.807, 2.05) is 7.05 Å². The minimum absolute atomic E-state index is 0. The van der Waals surface area contributed by atoms with Crippen molar-refractivity contribution in [3.63, 3.8) is 0 Å². The van der Waals surface area contributed by atoms with Gasteiger partial charge in [-0.05, 0) is 34.0 Å². The standard InChI is InChI=1S/C16H27BrN4OS.HI/c1-12(2)14(21-6-8-22-9-7-21)11-20-16(18-3)19-10-13-4-5-15(17)23-13;/h4-5,12,14H,6-11H2,1-3H3,(H2,18,19,20);1H. The Bertz CT molecular complexity index is 506. The van der Waals surface area contributed by atoms with Gasteiger partial charge in [0, 0.05) is 37.6 Å². The summed E-state index contributed by atoms with van der Waals surface area (Å²) in [6.07, 6.45) is 0. The van der Waals surface area contributed by atoms with E-state index in [1.165, 1.54) is 4.88 Å². The summed E-state index contributed by atoms with van der Waals surface area (Å²) >= 11 is 5.24. The Morgan fingerprint density at radius 3 is 2.58 bits per heavy atom. The zero-order chi connectivity index (χ0) is 16.7. The number of ether oxygens (including phenoxy) is 1. The third kappa shape index (κ3) is 7.15. The van der Waals surface area contributed by atoms with E-state index in [4.69, 9.17) is 4.74 Å². The van der Waals surface area contributed by atoms with Crippen molar-refractivity contribution in [3.05, 3.63) is 20.8 Å². The molecule has 1 aromatic rings. The molecule has 1 unspecified atom stereocenters. The first-order chi connectivity index (χ1) is 11.1. The number of rotatable bonds is 6. The van der Waals surface area contributed by atoms with Gasteiger partial charge in [-0.15, -0.1) is 35.3 Å². The number of nitrogens with zero attached hydrogens (tertiary/aromatic N) is 2. The fourth-order valence-corrected chi connectivity index (χ4v) is 4.16. The Hall–Kier alpha value is 0.1000. The molecule has 0 saturated carbocycles. The molecule has 5 nitrogen and oxygen atoms in total. The van der Waals surface area contributed by atoms with Gasteiger partial charge in [-0.2, -0.15) is 0 Å². The number of hydrogen-bond donors (Lipinski definition) is 2. The van der Waals surface area contributed by atoms with Gasteiger partial charge in [0.2, 0.25) is 0 Å². The number of aliphatic imine (C=N–C) groups is 1. The van der Waals surface area contributed by atoms with Crippen LogP contribution in [-0.2, 0) is 11.3 Å². The summed E-state index contributed by atoms with van der Waals surface area (Å²) in [5, 5.41) is 6.86. The van der Waals surface area contributed by atoms with Gasteiger partial charge in [-0.3, -0.25) is 9.89 Å². The molecule has 0 bridgehead atoms. The molecule has 0 spiro atoms. The highest BCUT2D eigenvalue weighted by Crippen LogP contribution is 2.21. The van der Waals surface area contributed by atoms with E-state index >= 15 is 0 Å². The van der Waals surface area contributed by atoms with Gasteiger partial charge in [0.1, 0.15) is 0 Å². The summed E-state index contributed by atoms with van der Waals surface area (Å²) in [5.74, 6) is 1.44. The van der Waals surface area contributed by atoms with E-state index < -0.39 is 0 Å². The minimum atomic E-state index is 0. The predicted molar refractivity (Wildman–Crippen MR) is 117 cm³/mol. The molecular weight excluding hydrogens is 503 g/mol. The first-order valence-corrected chi connectivity index (χ1v) is 9.71. The fraction of sp³-hybridized carbons (Fsp3) is 0.688. The summed E-state index contributed by atoms with van der Waals surface area (Å²) in [5.41, 5.74) is 0. The van der Waals surface area contributed by atoms with Crippen LogP contribution in [0.15, 0.2) is 20.9 Å². The van der Waals surface area contributed by atoms with Crippen LogP contribution in [0, 0.1) is 5.92 Å². The second-order valence-electron chi connectivity index (χ2n) is 5.97. The van der Waals surface area contributed by atoms with Crippen molar-refractivity contribution in [1.82, 2.24) is 15.5 Å². The third-order valence-electron chi connectivity index (χ3n) is 4.05. The molecule has 2 heterocycles. The van der Waals surface area contributed by atoms with Crippen LogP contribution in [0.5, 0.6) is 0 Å². The molecule has 1 aliphatic heterocycles. The van der Waals surface area contributed by atoms with E-state index in [-0.39, 0.29) is 24.0 Å². The number of guanidine groups is 1. The maximum atomic E-state index is 5.47. The van der Waals surface area contributed by atoms with Crippen LogP contribution in [0.1, 0.15) is 18.7 Å². The highest BCUT2D eigenvalue weighted by molar-refractivity contribution is 14.0. The molecular formula is C16H28BrIN4OS. The number of morpholine rings is 1. The van der Waals surface area contributed by atoms with Gasteiger partial charge in [0.15, 0.2) is 5.96 Å². The lowest BCUT2D eigenvalue weighted by atomic mass is 10.0. The first kappa shape index (κ1) is 22.1. The molecule has 1 saturated heterocycles. The van der Waals surface area contributed by atoms with Crippen molar-refractivity contribution < 1.29 is 4.74 Å². The summed E-state index contributed by atoms with van der Waals surface area (Å²) in [7, 11) is 1.82. The predicted octanol–water partition coefficient (Wildman–Crippen LogP) is 3.15. The molecule has 0 aliphatic carbocycles. The first-order valence-electron chi connectivity index (χ1n) is 8.10. The largest absolute Gasteiger partial charge is 0.379 e. The van der Waals surface area contributed by atoms with E-state index in [1.54, 1.807) is 11.3 Å². The molecule has 138 valence electrons. The van der Waals surface area contributed by atoms with Gasteiger partial charge in [-0.25, -0.2) is 0 Å². The third-order valence-corrected chi connectivity index (χ3v) is 5.67. The lowest BCUT2D eigenvalue weighted by Gasteiger charge is -2.37. The van der Waals surface area contributed by atoms with Crippen LogP contribution in [0.2, 0.25) is 0 Å². The van der Waals surface area contributed by atoms with Gasteiger partial charge in [0.25, 0.3) is 0 Å². The van der Waals surface area contributed by atoms with Crippen molar-refractivity contribution in [2.24, 2.45) is 10.9 Å². The van der Waals surface area contributed by atoms with Crippen molar-refractivity contribution in [3.8, 4) is 0 Å². The zero-order valence-corrected chi connectivity index (χ0v) is 19.3. The highest BCUT2D eigenvalue weighted by atomic mass is 127. The molecule has 8 heteroatoms. The van der Waals surface area contributed by atoms with E-state index in [2.05, 4.69) is 62.4 Å². The Kier molecular flexibility index (Phi) is 10.8. The number of nitrogens with one attached hydrogen (secondary N) is 2. The molecule has 2 N–H and O–H groups in total. The molecule has 0 amide bonds. The van der Waals surface area contributed by atoms with Gasteiger partial charge < -0.3 is 15.4 Å². The van der Waals surface area contributed by atoms with E-state index in [0.717, 1.165) is 49.1 Å². The smallest absolute Gasteiger partial charge is 0.191 e. The Morgan fingerprint density at radius 1 is 1.33 bits per heavy atom. The van der Waals surface area contributed by atoms with Crippen LogP contribution in [-0.4, -0.2) is 56.8 Å². The monoisotopic (exact) mass is 530 g/mol. The number of thiophene rings is 1. The lowest BCUT2D eigenvalue weighted by molar-refractivity contribution is 0.00752. The summed E-state index contributed by atoms with van der Waals surface area (Å²) < 4.78 is 6.62. The molecule has 1 aromatic heterocycles. The van der Waals surface area contributed by atoms with E-state index in [0.29, 0.717) is 12.0 Å². The van der Waals surface area contributed by atoms with Gasteiger partial charge in [0.05, 0.1) is 23.5 Å². The molecule has 2 rings (SSSR count). The molecule has 1 fully saturated rings. The van der Waals surface area contributed by atoms with Crippen molar-refractivity contribution in [2.45, 2.75) is 26.4 Å². The Balaban J connectivity index is 0.00000288. The molecule has 0 radical (unpaired) electrons. The summed E-state index contributed by atoms with van der Waals surface area (Å²) in [4.78, 5) is 8.13. The fourth-order valence-electron chi connectivity index (χ4n) is 2.74. The average Bonchev–Trinajstić information content (AvgIpc) is 2.96. The molecule has 24 heavy (non-hydrogen) atoms.